The number of para-hydroxylation sites is 1. The molecular weight excluding hydrogens is 560 g/mol. The minimum atomic E-state index is -0.157. The summed E-state index contributed by atoms with van der Waals surface area (Å²) in [7, 11) is 0. The fourth-order valence-electron chi connectivity index (χ4n) is 7.82. The van der Waals surface area contributed by atoms with Crippen molar-refractivity contribution in [3.8, 4) is 33.5 Å². The standard InChI is InChI=1S/C43H28N2O/c1-43(2)35-21-20-33-32-11-5-6-12-38(32)46-42(33)39(35)34-17-15-27(24-36(34)43)28-18-19-31(30-10-4-3-9-29(28)30)37-22-16-26-14-13-25-8-7-23-44-40(25)41(26)45-37/h3-24H,1-2H3. The number of hydrogen-bond acceptors (Lipinski definition) is 3. The van der Waals surface area contributed by atoms with E-state index in [0.717, 1.165) is 44.2 Å². The van der Waals surface area contributed by atoms with Crippen LogP contribution in [0.2, 0.25) is 0 Å². The molecule has 0 amide bonds. The zero-order chi connectivity index (χ0) is 30.6. The molecule has 3 aromatic heterocycles. The van der Waals surface area contributed by atoms with Crippen LogP contribution in [0.3, 0.4) is 0 Å². The number of hydrogen-bond donors (Lipinski definition) is 0. The van der Waals surface area contributed by atoms with E-state index >= 15 is 0 Å². The number of aromatic nitrogens is 2. The molecule has 216 valence electrons. The Morgan fingerprint density at radius 1 is 0.543 bits per heavy atom. The summed E-state index contributed by atoms with van der Waals surface area (Å²) in [6, 6.07) is 45.7. The molecule has 0 spiro atoms. The van der Waals surface area contributed by atoms with E-state index in [9.17, 15) is 0 Å². The van der Waals surface area contributed by atoms with Crippen molar-refractivity contribution in [1.29, 1.82) is 0 Å². The van der Waals surface area contributed by atoms with Gasteiger partial charge in [0.15, 0.2) is 0 Å². The first-order chi connectivity index (χ1) is 22.6. The van der Waals surface area contributed by atoms with Gasteiger partial charge < -0.3 is 4.42 Å². The van der Waals surface area contributed by atoms with Gasteiger partial charge in [-0.05, 0) is 62.9 Å². The van der Waals surface area contributed by atoms with E-state index in [4.69, 9.17) is 9.40 Å². The molecule has 0 atom stereocenters. The summed E-state index contributed by atoms with van der Waals surface area (Å²) >= 11 is 0. The third-order valence-corrected chi connectivity index (χ3v) is 10.1. The van der Waals surface area contributed by atoms with Crippen molar-refractivity contribution < 1.29 is 4.42 Å². The van der Waals surface area contributed by atoms with Crippen molar-refractivity contribution in [2.45, 2.75) is 19.3 Å². The van der Waals surface area contributed by atoms with E-state index in [0.29, 0.717) is 0 Å². The van der Waals surface area contributed by atoms with Crippen LogP contribution in [0.1, 0.15) is 25.0 Å². The van der Waals surface area contributed by atoms with Crippen LogP contribution < -0.4 is 0 Å². The highest BCUT2D eigenvalue weighted by Crippen LogP contribution is 2.53. The first kappa shape index (κ1) is 25.5. The highest BCUT2D eigenvalue weighted by atomic mass is 16.3. The predicted molar refractivity (Wildman–Crippen MR) is 190 cm³/mol. The smallest absolute Gasteiger partial charge is 0.143 e. The molecule has 3 heteroatoms. The molecule has 0 radical (unpaired) electrons. The topological polar surface area (TPSA) is 38.9 Å². The summed E-state index contributed by atoms with van der Waals surface area (Å²) in [6.45, 7) is 4.67. The van der Waals surface area contributed by atoms with Gasteiger partial charge in [-0.2, -0.15) is 0 Å². The number of rotatable bonds is 2. The number of fused-ring (bicyclic) bond motifs is 11. The molecular formula is C43H28N2O. The minimum Gasteiger partial charge on any atom is -0.455 e. The zero-order valence-corrected chi connectivity index (χ0v) is 25.5. The highest BCUT2D eigenvalue weighted by Gasteiger charge is 2.38. The Hall–Kier alpha value is -5.80. The Balaban J connectivity index is 1.15. The van der Waals surface area contributed by atoms with Crippen molar-refractivity contribution in [3.05, 3.63) is 145 Å². The molecule has 0 fully saturated rings. The number of benzene rings is 6. The first-order valence-corrected chi connectivity index (χ1v) is 15.8. The maximum atomic E-state index is 6.51. The maximum Gasteiger partial charge on any atom is 0.143 e. The monoisotopic (exact) mass is 588 g/mol. The van der Waals surface area contributed by atoms with E-state index in [1.165, 1.54) is 54.9 Å². The van der Waals surface area contributed by atoms with E-state index in [2.05, 4.69) is 134 Å². The third kappa shape index (κ3) is 3.43. The molecule has 6 aromatic carbocycles. The summed E-state index contributed by atoms with van der Waals surface area (Å²) in [5.74, 6) is 0. The quantitative estimate of drug-likeness (QED) is 0.189. The van der Waals surface area contributed by atoms with Gasteiger partial charge in [0.25, 0.3) is 0 Å². The Morgan fingerprint density at radius 2 is 1.26 bits per heavy atom. The lowest BCUT2D eigenvalue weighted by Crippen LogP contribution is -2.14. The molecule has 0 aliphatic heterocycles. The Kier molecular flexibility index (Phi) is 5.06. The average molecular weight is 589 g/mol. The van der Waals surface area contributed by atoms with Crippen molar-refractivity contribution in [2.75, 3.05) is 0 Å². The van der Waals surface area contributed by atoms with Gasteiger partial charge in [-0.3, -0.25) is 4.98 Å². The van der Waals surface area contributed by atoms with Crippen molar-refractivity contribution in [2.24, 2.45) is 0 Å². The first-order valence-electron chi connectivity index (χ1n) is 15.8. The van der Waals surface area contributed by atoms with E-state index in [1.807, 2.05) is 18.3 Å². The lowest BCUT2D eigenvalue weighted by Gasteiger charge is -2.22. The molecule has 1 aliphatic rings. The van der Waals surface area contributed by atoms with Crippen LogP contribution in [0.25, 0.3) is 88.0 Å². The number of nitrogens with zero attached hydrogens (tertiary/aromatic N) is 2. The van der Waals surface area contributed by atoms with Gasteiger partial charge in [0.2, 0.25) is 0 Å². The van der Waals surface area contributed by atoms with Gasteiger partial charge in [0.1, 0.15) is 11.2 Å². The Bertz CT molecular complexity index is 2730. The molecule has 0 bridgehead atoms. The van der Waals surface area contributed by atoms with Crippen LogP contribution in [0.15, 0.2) is 138 Å². The van der Waals surface area contributed by atoms with Crippen LogP contribution in [0, 0.1) is 0 Å². The van der Waals surface area contributed by atoms with Gasteiger partial charge in [-0.1, -0.05) is 117 Å². The zero-order valence-electron chi connectivity index (χ0n) is 25.5. The summed E-state index contributed by atoms with van der Waals surface area (Å²) < 4.78 is 6.51. The second-order valence-corrected chi connectivity index (χ2v) is 13.0. The average Bonchev–Trinajstić information content (AvgIpc) is 3.59. The normalized spacial score (nSPS) is 13.6. The van der Waals surface area contributed by atoms with Gasteiger partial charge in [-0.25, -0.2) is 4.98 Å². The molecule has 3 heterocycles. The van der Waals surface area contributed by atoms with Crippen LogP contribution in [0.4, 0.5) is 0 Å². The highest BCUT2D eigenvalue weighted by molar-refractivity contribution is 6.12. The molecule has 0 unspecified atom stereocenters. The second-order valence-electron chi connectivity index (χ2n) is 13.0. The molecule has 0 saturated heterocycles. The van der Waals surface area contributed by atoms with Crippen molar-refractivity contribution in [3.63, 3.8) is 0 Å². The summed E-state index contributed by atoms with van der Waals surface area (Å²) in [5, 5.41) is 6.94. The molecule has 0 N–H and O–H groups in total. The van der Waals surface area contributed by atoms with Crippen LogP contribution in [0.5, 0.6) is 0 Å². The predicted octanol–water partition coefficient (Wildman–Crippen LogP) is 11.5. The Labute approximate surface area is 265 Å². The SMILES string of the molecule is CC1(C)c2cc(-c3ccc(-c4ccc5ccc6cccnc6c5n4)c4ccccc34)ccc2-c2c1ccc1c2oc2ccccc21. The third-order valence-electron chi connectivity index (χ3n) is 10.1. The van der Waals surface area contributed by atoms with Gasteiger partial charge in [-0.15, -0.1) is 0 Å². The number of pyridine rings is 2. The second kappa shape index (κ2) is 9.12. The molecule has 46 heavy (non-hydrogen) atoms. The van der Waals surface area contributed by atoms with E-state index < -0.39 is 0 Å². The van der Waals surface area contributed by atoms with Gasteiger partial charge in [0.05, 0.1) is 16.7 Å². The van der Waals surface area contributed by atoms with Crippen LogP contribution in [-0.2, 0) is 5.41 Å². The summed E-state index contributed by atoms with van der Waals surface area (Å²) in [5.41, 5.74) is 13.3. The summed E-state index contributed by atoms with van der Waals surface area (Å²) in [4.78, 5) is 9.86. The van der Waals surface area contributed by atoms with E-state index in [-0.39, 0.29) is 5.41 Å². The maximum absolute atomic E-state index is 6.51. The molecule has 3 nitrogen and oxygen atoms in total. The fourth-order valence-corrected chi connectivity index (χ4v) is 7.82. The van der Waals surface area contributed by atoms with Crippen molar-refractivity contribution in [1.82, 2.24) is 9.97 Å². The molecule has 0 saturated carbocycles. The lowest BCUT2D eigenvalue weighted by atomic mass is 9.81. The van der Waals surface area contributed by atoms with Crippen LogP contribution in [-0.4, -0.2) is 9.97 Å². The largest absolute Gasteiger partial charge is 0.455 e. The summed E-state index contributed by atoms with van der Waals surface area (Å²) in [6.07, 6.45) is 1.84. The molecule has 1 aliphatic carbocycles. The van der Waals surface area contributed by atoms with E-state index in [1.54, 1.807) is 0 Å². The molecule has 9 aromatic rings. The Morgan fingerprint density at radius 3 is 2.13 bits per heavy atom. The number of furan rings is 1. The van der Waals surface area contributed by atoms with Crippen LogP contribution >= 0.6 is 0 Å². The molecule has 10 rings (SSSR count). The fraction of sp³-hybridized carbons (Fsp3) is 0.0698. The van der Waals surface area contributed by atoms with Gasteiger partial charge >= 0.3 is 0 Å². The van der Waals surface area contributed by atoms with Crippen molar-refractivity contribution >= 4 is 54.5 Å². The van der Waals surface area contributed by atoms with Gasteiger partial charge in [0, 0.05) is 44.3 Å². The minimum absolute atomic E-state index is 0.157. The lowest BCUT2D eigenvalue weighted by molar-refractivity contribution is 0.653.